The van der Waals surface area contributed by atoms with Crippen molar-refractivity contribution in [3.8, 4) is 11.3 Å². The summed E-state index contributed by atoms with van der Waals surface area (Å²) in [5.41, 5.74) is 3.55. The maximum absolute atomic E-state index is 12.4. The quantitative estimate of drug-likeness (QED) is 0.424. The van der Waals surface area contributed by atoms with Gasteiger partial charge in [-0.15, -0.1) is 0 Å². The second-order valence-electron chi connectivity index (χ2n) is 7.06. The van der Waals surface area contributed by atoms with Gasteiger partial charge in [-0.1, -0.05) is 23.7 Å². The van der Waals surface area contributed by atoms with Gasteiger partial charge in [0.2, 0.25) is 5.95 Å². The number of H-pyrrole nitrogens is 1. The van der Waals surface area contributed by atoms with E-state index in [0.29, 0.717) is 33.6 Å². The van der Waals surface area contributed by atoms with E-state index in [9.17, 15) is 9.59 Å². The second kappa shape index (κ2) is 8.49. The summed E-state index contributed by atoms with van der Waals surface area (Å²) in [6, 6.07) is 17.9. The van der Waals surface area contributed by atoms with Crippen LogP contribution in [-0.4, -0.2) is 20.4 Å². The molecule has 0 spiro atoms. The van der Waals surface area contributed by atoms with E-state index in [-0.39, 0.29) is 11.5 Å². The average molecular weight is 434 g/mol. The van der Waals surface area contributed by atoms with Crippen LogP contribution in [0.1, 0.15) is 16.1 Å². The predicted molar refractivity (Wildman–Crippen MR) is 123 cm³/mol. The van der Waals surface area contributed by atoms with Crippen LogP contribution in [0.2, 0.25) is 5.02 Å². The van der Waals surface area contributed by atoms with Crippen molar-refractivity contribution in [2.24, 2.45) is 7.05 Å². The van der Waals surface area contributed by atoms with Crippen molar-refractivity contribution < 1.29 is 4.79 Å². The van der Waals surface area contributed by atoms with Crippen LogP contribution in [0.3, 0.4) is 0 Å². The van der Waals surface area contributed by atoms with Crippen LogP contribution in [-0.2, 0) is 7.05 Å². The Bertz CT molecular complexity index is 1290. The molecular weight excluding hydrogens is 414 g/mol. The summed E-state index contributed by atoms with van der Waals surface area (Å²) in [7, 11) is 1.81. The van der Waals surface area contributed by atoms with Crippen LogP contribution in [0.15, 0.2) is 71.7 Å². The lowest BCUT2D eigenvalue weighted by molar-refractivity contribution is 0.101. The molecular formula is C23H20ClN5O2. The van der Waals surface area contributed by atoms with E-state index in [2.05, 4.69) is 20.6 Å². The van der Waals surface area contributed by atoms with Crippen LogP contribution in [0.5, 0.6) is 0 Å². The molecule has 0 atom stereocenters. The average Bonchev–Trinajstić information content (AvgIpc) is 3.19. The Balaban J connectivity index is 1.58. The molecule has 4 rings (SSSR count). The second-order valence-corrected chi connectivity index (χ2v) is 7.49. The van der Waals surface area contributed by atoms with Gasteiger partial charge in [0.05, 0.1) is 5.69 Å². The maximum Gasteiger partial charge on any atom is 0.272 e. The fraction of sp³-hybridized carbons (Fsp3) is 0.0870. The first-order chi connectivity index (χ1) is 14.9. The van der Waals surface area contributed by atoms with Gasteiger partial charge in [-0.05, 0) is 55.5 Å². The molecule has 0 saturated carbocycles. The minimum atomic E-state index is -0.234. The van der Waals surface area contributed by atoms with Crippen molar-refractivity contribution in [1.82, 2.24) is 14.5 Å². The summed E-state index contributed by atoms with van der Waals surface area (Å²) in [6.07, 6.45) is 1.81. The van der Waals surface area contributed by atoms with Crippen LogP contribution in [0.25, 0.3) is 11.3 Å². The lowest BCUT2D eigenvalue weighted by Crippen LogP contribution is -2.16. The number of nitrogens with zero attached hydrogens (tertiary/aromatic N) is 2. The molecule has 7 nitrogen and oxygen atoms in total. The van der Waals surface area contributed by atoms with Gasteiger partial charge < -0.3 is 15.2 Å². The Labute approximate surface area is 183 Å². The highest BCUT2D eigenvalue weighted by Gasteiger charge is 2.12. The van der Waals surface area contributed by atoms with E-state index in [4.69, 9.17) is 11.6 Å². The van der Waals surface area contributed by atoms with Crippen LogP contribution in [0.4, 0.5) is 17.3 Å². The summed E-state index contributed by atoms with van der Waals surface area (Å²) in [5.74, 6) is 0.133. The highest BCUT2D eigenvalue weighted by atomic mass is 35.5. The lowest BCUT2D eigenvalue weighted by atomic mass is 10.1. The number of amides is 1. The normalized spacial score (nSPS) is 10.7. The Morgan fingerprint density at radius 1 is 1.03 bits per heavy atom. The van der Waals surface area contributed by atoms with Crippen LogP contribution in [0, 0.1) is 6.92 Å². The fourth-order valence-corrected chi connectivity index (χ4v) is 3.27. The Morgan fingerprint density at radius 3 is 2.35 bits per heavy atom. The number of aryl methyl sites for hydroxylation is 1. The Hall–Kier alpha value is -3.84. The zero-order valence-corrected chi connectivity index (χ0v) is 17.7. The molecule has 0 unspecified atom stereocenters. The van der Waals surface area contributed by atoms with E-state index in [1.54, 1.807) is 54.0 Å². The minimum absolute atomic E-state index is 0.194. The summed E-state index contributed by atoms with van der Waals surface area (Å²) in [6.45, 7) is 1.72. The Morgan fingerprint density at radius 2 is 1.71 bits per heavy atom. The number of aromatic amines is 1. The summed E-state index contributed by atoms with van der Waals surface area (Å²) < 4.78 is 1.75. The van der Waals surface area contributed by atoms with E-state index < -0.39 is 0 Å². The predicted octanol–water partition coefficient (Wildman–Crippen LogP) is 4.73. The standard InChI is InChI=1S/C23H20ClN5O2/c1-14-20(27-23(28-21(14)30)26-18-11-7-16(24)8-12-18)15-5-9-17(10-6-15)25-22(31)19-4-3-13-29(19)2/h3-13H,1-2H3,(H,25,31)(H2,26,27,28,30). The van der Waals surface area contributed by atoms with Crippen molar-refractivity contribution in [2.45, 2.75) is 6.92 Å². The summed E-state index contributed by atoms with van der Waals surface area (Å²) >= 11 is 5.92. The maximum atomic E-state index is 12.4. The molecule has 3 N–H and O–H groups in total. The number of nitrogens with one attached hydrogen (secondary N) is 3. The molecule has 8 heteroatoms. The third-order valence-corrected chi connectivity index (χ3v) is 5.10. The van der Waals surface area contributed by atoms with E-state index in [0.717, 1.165) is 11.3 Å². The molecule has 0 radical (unpaired) electrons. The molecule has 0 aliphatic heterocycles. The van der Waals surface area contributed by atoms with Crippen molar-refractivity contribution in [3.05, 3.63) is 93.5 Å². The molecule has 0 aliphatic rings. The third kappa shape index (κ3) is 4.51. The van der Waals surface area contributed by atoms with Crippen molar-refractivity contribution in [3.63, 3.8) is 0 Å². The largest absolute Gasteiger partial charge is 0.347 e. The van der Waals surface area contributed by atoms with E-state index >= 15 is 0 Å². The molecule has 31 heavy (non-hydrogen) atoms. The highest BCUT2D eigenvalue weighted by Crippen LogP contribution is 2.24. The van der Waals surface area contributed by atoms with Gasteiger partial charge in [-0.25, -0.2) is 4.98 Å². The molecule has 0 aliphatic carbocycles. The van der Waals surface area contributed by atoms with Gasteiger partial charge in [0, 0.05) is 40.8 Å². The van der Waals surface area contributed by atoms with E-state index in [1.165, 1.54) is 0 Å². The molecule has 2 heterocycles. The number of aromatic nitrogens is 3. The van der Waals surface area contributed by atoms with Crippen LogP contribution >= 0.6 is 11.6 Å². The van der Waals surface area contributed by atoms with Gasteiger partial charge >= 0.3 is 0 Å². The fourth-order valence-electron chi connectivity index (χ4n) is 3.15. The monoisotopic (exact) mass is 433 g/mol. The third-order valence-electron chi connectivity index (χ3n) is 4.85. The number of carbonyl (C=O) groups is 1. The van der Waals surface area contributed by atoms with Crippen molar-refractivity contribution in [1.29, 1.82) is 0 Å². The van der Waals surface area contributed by atoms with Crippen molar-refractivity contribution in [2.75, 3.05) is 10.6 Å². The molecule has 4 aromatic rings. The van der Waals surface area contributed by atoms with Gasteiger partial charge in [-0.3, -0.25) is 14.6 Å². The molecule has 2 aromatic carbocycles. The highest BCUT2D eigenvalue weighted by molar-refractivity contribution is 6.30. The summed E-state index contributed by atoms with van der Waals surface area (Å²) in [4.78, 5) is 32.1. The number of hydrogen-bond acceptors (Lipinski definition) is 4. The topological polar surface area (TPSA) is 91.8 Å². The van der Waals surface area contributed by atoms with Gasteiger partial charge in [0.15, 0.2) is 0 Å². The van der Waals surface area contributed by atoms with Gasteiger partial charge in [0.1, 0.15) is 5.69 Å². The summed E-state index contributed by atoms with van der Waals surface area (Å²) in [5, 5.41) is 6.57. The smallest absolute Gasteiger partial charge is 0.272 e. The van der Waals surface area contributed by atoms with Crippen LogP contribution < -0.4 is 16.2 Å². The molecule has 0 saturated heterocycles. The first-order valence-corrected chi connectivity index (χ1v) is 9.95. The molecule has 0 fully saturated rings. The lowest BCUT2D eigenvalue weighted by Gasteiger charge is -2.11. The van der Waals surface area contributed by atoms with Gasteiger partial charge in [0.25, 0.3) is 11.5 Å². The number of anilines is 3. The number of carbonyl (C=O) groups excluding carboxylic acids is 1. The SMILES string of the molecule is Cc1c(-c2ccc(NC(=O)c3cccn3C)cc2)nc(Nc2ccc(Cl)cc2)[nH]c1=O. The molecule has 156 valence electrons. The number of hydrogen-bond donors (Lipinski definition) is 3. The minimum Gasteiger partial charge on any atom is -0.347 e. The first kappa shape index (κ1) is 20.4. The zero-order chi connectivity index (χ0) is 22.0. The molecule has 2 aromatic heterocycles. The van der Waals surface area contributed by atoms with E-state index in [1.807, 2.05) is 31.4 Å². The number of halogens is 1. The molecule has 0 bridgehead atoms. The molecule has 1 amide bonds. The Kier molecular flexibility index (Phi) is 5.60. The zero-order valence-electron chi connectivity index (χ0n) is 16.9. The first-order valence-electron chi connectivity index (χ1n) is 9.57. The number of rotatable bonds is 5. The van der Waals surface area contributed by atoms with Gasteiger partial charge in [-0.2, -0.15) is 0 Å². The number of benzene rings is 2. The van der Waals surface area contributed by atoms with Crippen molar-refractivity contribution >= 4 is 34.8 Å².